The highest BCUT2D eigenvalue weighted by atomic mass is 32.2. The standard InChI is InChI=1S/C11H13N3O3S2/c1-3-6-5-8-10-9(7(6)4-2)12-13-11(18-8)14(10)19(15,16)17/h5,7H,3-4H2,1-2H3,(H,15,16,17). The zero-order chi connectivity index (χ0) is 13.8. The van der Waals surface area contributed by atoms with Gasteiger partial charge in [-0.25, -0.2) is 0 Å². The van der Waals surface area contributed by atoms with E-state index in [4.69, 9.17) is 0 Å². The summed E-state index contributed by atoms with van der Waals surface area (Å²) in [6.07, 6.45) is 3.71. The maximum atomic E-state index is 11.5. The largest absolute Gasteiger partial charge is 0.366 e. The second-order valence-electron chi connectivity index (χ2n) is 4.46. The van der Waals surface area contributed by atoms with Crippen molar-refractivity contribution < 1.29 is 13.0 Å². The van der Waals surface area contributed by atoms with Gasteiger partial charge in [0.1, 0.15) is 0 Å². The Kier molecular flexibility index (Phi) is 2.84. The van der Waals surface area contributed by atoms with Crippen LogP contribution in [0.3, 0.4) is 0 Å². The van der Waals surface area contributed by atoms with Crippen LogP contribution >= 0.6 is 11.8 Å². The van der Waals surface area contributed by atoms with Crippen molar-refractivity contribution in [2.45, 2.75) is 26.7 Å². The molecule has 6 nitrogen and oxygen atoms in total. The van der Waals surface area contributed by atoms with Crippen molar-refractivity contribution in [2.75, 3.05) is 0 Å². The molecule has 0 aromatic heterocycles. The summed E-state index contributed by atoms with van der Waals surface area (Å²) in [6.45, 7) is 4.10. The van der Waals surface area contributed by atoms with Gasteiger partial charge in [-0.1, -0.05) is 19.4 Å². The number of amidine groups is 1. The van der Waals surface area contributed by atoms with Gasteiger partial charge in [-0.2, -0.15) is 12.7 Å². The topological polar surface area (TPSA) is 82.3 Å². The summed E-state index contributed by atoms with van der Waals surface area (Å²) in [5.41, 5.74) is 2.34. The van der Waals surface area contributed by atoms with E-state index in [2.05, 4.69) is 17.1 Å². The van der Waals surface area contributed by atoms with E-state index >= 15 is 0 Å². The molecule has 1 aliphatic carbocycles. The van der Waals surface area contributed by atoms with E-state index in [0.717, 1.165) is 22.1 Å². The molecule has 102 valence electrons. The zero-order valence-electron chi connectivity index (χ0n) is 10.5. The second-order valence-corrected chi connectivity index (χ2v) is 6.73. The Labute approximate surface area is 115 Å². The molecule has 2 heterocycles. The highest BCUT2D eigenvalue weighted by molar-refractivity contribution is 8.18. The molecule has 0 amide bonds. The molecule has 0 spiro atoms. The van der Waals surface area contributed by atoms with Crippen LogP contribution in [0.5, 0.6) is 0 Å². The number of rotatable bonds is 3. The molecule has 0 aromatic carbocycles. The normalized spacial score (nSPS) is 25.3. The Morgan fingerprint density at radius 3 is 2.74 bits per heavy atom. The van der Waals surface area contributed by atoms with Gasteiger partial charge >= 0.3 is 10.3 Å². The van der Waals surface area contributed by atoms with Crippen molar-refractivity contribution in [3.8, 4) is 0 Å². The van der Waals surface area contributed by atoms with Crippen LogP contribution in [0, 0.1) is 5.92 Å². The Hall–Kier alpha value is -1.12. The summed E-state index contributed by atoms with van der Waals surface area (Å²) >= 11 is 1.23. The quantitative estimate of drug-likeness (QED) is 0.809. The van der Waals surface area contributed by atoms with Crippen molar-refractivity contribution in [1.29, 1.82) is 0 Å². The lowest BCUT2D eigenvalue weighted by Crippen LogP contribution is -2.39. The van der Waals surface area contributed by atoms with Crippen molar-refractivity contribution in [1.82, 2.24) is 4.31 Å². The molecule has 0 saturated heterocycles. The molecule has 0 fully saturated rings. The maximum Gasteiger partial charge on any atom is 0.366 e. The molecular weight excluding hydrogens is 286 g/mol. The molecule has 2 aliphatic heterocycles. The summed E-state index contributed by atoms with van der Waals surface area (Å²) in [7, 11) is -4.35. The smallest absolute Gasteiger partial charge is 0.269 e. The zero-order valence-corrected chi connectivity index (χ0v) is 12.1. The third kappa shape index (κ3) is 1.78. The molecule has 19 heavy (non-hydrogen) atoms. The van der Waals surface area contributed by atoms with Crippen LogP contribution in [0.25, 0.3) is 0 Å². The average molecular weight is 299 g/mol. The van der Waals surface area contributed by atoms with Gasteiger partial charge in [0.05, 0.1) is 11.4 Å². The number of hydrogen-bond acceptors (Lipinski definition) is 5. The van der Waals surface area contributed by atoms with Crippen LogP contribution < -0.4 is 0 Å². The summed E-state index contributed by atoms with van der Waals surface area (Å²) in [4.78, 5) is 0.800. The SMILES string of the molecule is CCC1=CC2=C3C(=NN=C(S2)N3S(=O)(=O)O)C1CC. The summed E-state index contributed by atoms with van der Waals surface area (Å²) in [5, 5.41) is 8.28. The van der Waals surface area contributed by atoms with Gasteiger partial charge in [0.2, 0.25) is 5.17 Å². The number of thioether (sulfide) groups is 1. The van der Waals surface area contributed by atoms with E-state index in [1.165, 1.54) is 17.3 Å². The Balaban J connectivity index is 2.20. The average Bonchev–Trinajstić information content (AvgIpc) is 2.68. The van der Waals surface area contributed by atoms with Gasteiger partial charge in [-0.3, -0.25) is 4.55 Å². The van der Waals surface area contributed by atoms with Crippen molar-refractivity contribution in [3.05, 3.63) is 22.3 Å². The fourth-order valence-electron chi connectivity index (χ4n) is 2.61. The lowest BCUT2D eigenvalue weighted by molar-refractivity contribution is 0.444. The predicted molar refractivity (Wildman–Crippen MR) is 75.0 cm³/mol. The molecule has 0 saturated carbocycles. The number of allylic oxidation sites excluding steroid dienone is 3. The van der Waals surface area contributed by atoms with Gasteiger partial charge in [-0.05, 0) is 30.7 Å². The number of nitrogens with zero attached hydrogens (tertiary/aromatic N) is 3. The molecule has 3 rings (SSSR count). The monoisotopic (exact) mass is 299 g/mol. The third-order valence-corrected chi connectivity index (χ3v) is 5.35. The second kappa shape index (κ2) is 4.19. The molecule has 0 radical (unpaired) electrons. The molecular formula is C11H13N3O3S2. The van der Waals surface area contributed by atoms with Crippen LogP contribution in [0.4, 0.5) is 0 Å². The fraction of sp³-hybridized carbons (Fsp3) is 0.455. The van der Waals surface area contributed by atoms with Crippen molar-refractivity contribution in [2.24, 2.45) is 16.1 Å². The van der Waals surface area contributed by atoms with Crippen molar-refractivity contribution in [3.63, 3.8) is 0 Å². The van der Waals surface area contributed by atoms with Crippen LogP contribution in [0.1, 0.15) is 26.7 Å². The first-order valence-electron chi connectivity index (χ1n) is 6.03. The summed E-state index contributed by atoms with van der Waals surface area (Å²) in [5.74, 6) is 0.0667. The van der Waals surface area contributed by atoms with Crippen LogP contribution in [-0.4, -0.2) is 28.2 Å². The first kappa shape index (κ1) is 12.9. The Morgan fingerprint density at radius 1 is 1.42 bits per heavy atom. The summed E-state index contributed by atoms with van der Waals surface area (Å²) < 4.78 is 33.2. The first-order valence-corrected chi connectivity index (χ1v) is 8.25. The number of fused-ring (bicyclic) bond motifs is 1. The predicted octanol–water partition coefficient (Wildman–Crippen LogP) is 2.15. The van der Waals surface area contributed by atoms with E-state index in [0.29, 0.717) is 11.4 Å². The third-order valence-electron chi connectivity index (χ3n) is 3.44. The highest BCUT2D eigenvalue weighted by Crippen LogP contribution is 2.46. The van der Waals surface area contributed by atoms with E-state index in [-0.39, 0.29) is 11.1 Å². The van der Waals surface area contributed by atoms with E-state index < -0.39 is 10.3 Å². The van der Waals surface area contributed by atoms with E-state index in [1.807, 2.05) is 13.0 Å². The van der Waals surface area contributed by atoms with Gasteiger partial charge < -0.3 is 0 Å². The number of hydrogen-bond donors (Lipinski definition) is 1. The molecule has 1 atom stereocenters. The lowest BCUT2D eigenvalue weighted by Gasteiger charge is -2.29. The van der Waals surface area contributed by atoms with Gasteiger partial charge in [-0.15, -0.1) is 10.2 Å². The molecule has 2 bridgehead atoms. The minimum Gasteiger partial charge on any atom is -0.269 e. The summed E-state index contributed by atoms with van der Waals surface area (Å²) in [6, 6.07) is 0. The minimum absolute atomic E-state index is 0.0667. The van der Waals surface area contributed by atoms with Gasteiger partial charge in [0.25, 0.3) is 0 Å². The first-order chi connectivity index (χ1) is 8.97. The Bertz CT molecular complexity index is 673. The van der Waals surface area contributed by atoms with Crippen molar-refractivity contribution >= 4 is 32.9 Å². The van der Waals surface area contributed by atoms with Crippen LogP contribution in [-0.2, 0) is 10.3 Å². The van der Waals surface area contributed by atoms with Crippen LogP contribution in [0.15, 0.2) is 32.5 Å². The van der Waals surface area contributed by atoms with Gasteiger partial charge in [0, 0.05) is 10.8 Å². The van der Waals surface area contributed by atoms with Gasteiger partial charge in [0.15, 0.2) is 0 Å². The lowest BCUT2D eigenvalue weighted by atomic mass is 9.84. The highest BCUT2D eigenvalue weighted by Gasteiger charge is 2.45. The van der Waals surface area contributed by atoms with E-state index in [1.54, 1.807) is 0 Å². The molecule has 1 N–H and O–H groups in total. The fourth-order valence-corrected chi connectivity index (χ4v) is 4.68. The molecule has 0 aromatic rings. The van der Waals surface area contributed by atoms with Crippen LogP contribution in [0.2, 0.25) is 0 Å². The minimum atomic E-state index is -4.35. The molecule has 1 unspecified atom stereocenters. The molecule has 8 heteroatoms. The maximum absolute atomic E-state index is 11.5. The Morgan fingerprint density at radius 2 is 2.16 bits per heavy atom. The van der Waals surface area contributed by atoms with E-state index in [9.17, 15) is 13.0 Å². The molecule has 3 aliphatic rings.